The van der Waals surface area contributed by atoms with Gasteiger partial charge in [-0.1, -0.05) is 55.3 Å². The fraction of sp³-hybridized carbons (Fsp3) is 0.157. The Morgan fingerprint density at radius 3 is 2.09 bits per heavy atom. The lowest BCUT2D eigenvalue weighted by Crippen LogP contribution is -2.25. The maximum absolute atomic E-state index is 14.6. The molecule has 5 aromatic carbocycles. The Morgan fingerprint density at radius 2 is 1.40 bits per heavy atom. The number of carboxylic acid groups (broad SMARTS) is 1. The zero-order valence-corrected chi connectivity index (χ0v) is 35.7. The molecule has 1 aliphatic carbocycles. The minimum Gasteiger partial charge on any atom is -0.505 e. The van der Waals surface area contributed by atoms with E-state index in [-0.39, 0.29) is 62.9 Å². The number of halogens is 2. The van der Waals surface area contributed by atoms with Crippen LogP contribution in [-0.4, -0.2) is 65.8 Å². The number of esters is 1. The van der Waals surface area contributed by atoms with Crippen LogP contribution in [0, 0.1) is 11.6 Å². The van der Waals surface area contributed by atoms with Crippen LogP contribution in [0.2, 0.25) is 0 Å². The SMILES string of the molecule is COC(=O)c1ccc2c(c1)NC(=O)C2C(=Nc1ccc(C(=O)NCCCCCCNC(=O)c2ccc(-c3c4cc(F)c(=O)cc-4oc4cc(O)c(F)cc34)c(C(=O)O)c2)cc1)c1ccccc1. The third-order valence-corrected chi connectivity index (χ3v) is 11.3. The normalized spacial score (nSPS) is 13.3. The van der Waals surface area contributed by atoms with Gasteiger partial charge in [0.2, 0.25) is 11.3 Å². The van der Waals surface area contributed by atoms with Crippen LogP contribution in [0.3, 0.4) is 0 Å². The second kappa shape index (κ2) is 19.3. The Balaban J connectivity index is 0.846. The fourth-order valence-corrected chi connectivity index (χ4v) is 7.99. The van der Waals surface area contributed by atoms with Gasteiger partial charge >= 0.3 is 11.9 Å². The van der Waals surface area contributed by atoms with E-state index in [9.17, 15) is 47.8 Å². The van der Waals surface area contributed by atoms with Crippen molar-refractivity contribution in [3.8, 4) is 28.2 Å². The molecule has 5 aromatic rings. The van der Waals surface area contributed by atoms with Crippen molar-refractivity contribution >= 4 is 57.7 Å². The van der Waals surface area contributed by atoms with Crippen LogP contribution in [-0.2, 0) is 9.53 Å². The first kappa shape index (κ1) is 45.1. The number of carboxylic acids is 1. The van der Waals surface area contributed by atoms with Crippen LogP contribution in [0.5, 0.6) is 5.75 Å². The van der Waals surface area contributed by atoms with Crippen molar-refractivity contribution < 1.29 is 52.1 Å². The molecule has 2 aliphatic heterocycles. The molecular formula is C51H40F2N4O10. The molecule has 338 valence electrons. The Morgan fingerprint density at radius 1 is 0.731 bits per heavy atom. The quantitative estimate of drug-likeness (QED) is 0.0286. The lowest BCUT2D eigenvalue weighted by atomic mass is 9.89. The number of carbonyl (C=O) groups excluding carboxylic acids is 4. The minimum atomic E-state index is -1.43. The Bertz CT molecular complexity index is 3170. The number of benzene rings is 6. The van der Waals surface area contributed by atoms with Crippen LogP contribution in [0.15, 0.2) is 129 Å². The molecular weight excluding hydrogens is 867 g/mol. The molecule has 3 amide bonds. The van der Waals surface area contributed by atoms with Crippen molar-refractivity contribution in [3.05, 3.63) is 170 Å². The largest absolute Gasteiger partial charge is 0.505 e. The summed E-state index contributed by atoms with van der Waals surface area (Å²) in [6.07, 6.45) is 2.71. The summed E-state index contributed by atoms with van der Waals surface area (Å²) in [5, 5.41) is 28.7. The van der Waals surface area contributed by atoms with Crippen molar-refractivity contribution in [3.63, 3.8) is 0 Å². The number of nitrogens with one attached hydrogen (secondary N) is 3. The van der Waals surface area contributed by atoms with Gasteiger partial charge in [0, 0.05) is 58.5 Å². The van der Waals surface area contributed by atoms with E-state index in [0.29, 0.717) is 53.2 Å². The molecule has 16 heteroatoms. The number of hydrogen-bond acceptors (Lipinski definition) is 10. The molecule has 0 saturated carbocycles. The number of nitrogens with zero attached hydrogens (tertiary/aromatic N) is 1. The van der Waals surface area contributed by atoms with Crippen molar-refractivity contribution in [1.29, 1.82) is 0 Å². The molecule has 8 rings (SSSR count). The van der Waals surface area contributed by atoms with E-state index in [1.807, 2.05) is 30.3 Å². The molecule has 0 saturated heterocycles. The molecule has 67 heavy (non-hydrogen) atoms. The predicted molar refractivity (Wildman–Crippen MR) is 244 cm³/mol. The van der Waals surface area contributed by atoms with Gasteiger partial charge in [0.15, 0.2) is 17.4 Å². The van der Waals surface area contributed by atoms with Crippen molar-refractivity contribution in [2.24, 2.45) is 4.99 Å². The van der Waals surface area contributed by atoms with Crippen LogP contribution in [0.25, 0.3) is 33.4 Å². The van der Waals surface area contributed by atoms with Crippen LogP contribution >= 0.6 is 0 Å². The number of anilines is 1. The molecule has 1 unspecified atom stereocenters. The standard InChI is InChI=1S/C51H40F2N4O10/c1-66-51(65)30-14-18-33-39(22-30)57-49(62)45(33)46(27-9-5-4-6-10-27)56-31-15-11-28(12-16-31)47(60)54-19-7-2-3-8-20-55-48(61)29-13-17-32(34(21-29)50(63)64)44-35-23-37(52)40(58)25-42(35)67-43-26-41(59)38(53)24-36(43)44/h4-6,9-18,21-26,45,58H,2-3,7-8,19-20H2,1H3,(H,54,60)(H,55,61)(H,57,62)(H,63,64). The first-order valence-electron chi connectivity index (χ1n) is 21.1. The second-order valence-corrected chi connectivity index (χ2v) is 15.7. The monoisotopic (exact) mass is 906 g/mol. The summed E-state index contributed by atoms with van der Waals surface area (Å²) in [6.45, 7) is 0.680. The summed E-state index contributed by atoms with van der Waals surface area (Å²) in [4.78, 5) is 81.1. The van der Waals surface area contributed by atoms with Gasteiger partial charge in [0.05, 0.1) is 29.6 Å². The van der Waals surface area contributed by atoms with Crippen molar-refractivity contribution in [2.75, 3.05) is 25.5 Å². The van der Waals surface area contributed by atoms with E-state index < -0.39 is 46.6 Å². The van der Waals surface area contributed by atoms with Gasteiger partial charge in [-0.3, -0.25) is 24.2 Å². The number of aromatic carboxylic acids is 1. The molecule has 0 aromatic heterocycles. The number of aliphatic imine (C=N–C) groups is 1. The van der Waals surface area contributed by atoms with Crippen molar-refractivity contribution in [2.45, 2.75) is 31.6 Å². The van der Waals surface area contributed by atoms with Gasteiger partial charge in [0.25, 0.3) is 11.8 Å². The molecule has 2 heterocycles. The molecule has 1 atom stereocenters. The Labute approximate surface area is 380 Å². The minimum absolute atomic E-state index is 0.00124. The van der Waals surface area contributed by atoms with Crippen LogP contribution in [0.1, 0.15) is 84.2 Å². The Hall–Kier alpha value is -8.53. The number of ether oxygens (including phenoxy) is 1. The van der Waals surface area contributed by atoms with E-state index in [0.717, 1.165) is 48.7 Å². The highest BCUT2D eigenvalue weighted by atomic mass is 19.1. The van der Waals surface area contributed by atoms with Crippen molar-refractivity contribution in [1.82, 2.24) is 10.6 Å². The lowest BCUT2D eigenvalue weighted by Gasteiger charge is -2.17. The van der Waals surface area contributed by atoms with Gasteiger partial charge in [-0.2, -0.15) is 0 Å². The number of phenols is 1. The summed E-state index contributed by atoms with van der Waals surface area (Å²) in [7, 11) is 1.29. The number of rotatable bonds is 15. The topological polar surface area (TPSA) is 214 Å². The van der Waals surface area contributed by atoms with E-state index in [1.54, 1.807) is 42.5 Å². The first-order valence-corrected chi connectivity index (χ1v) is 21.1. The second-order valence-electron chi connectivity index (χ2n) is 15.7. The van der Waals surface area contributed by atoms with Crippen LogP contribution in [0.4, 0.5) is 20.2 Å². The third-order valence-electron chi connectivity index (χ3n) is 11.3. The number of phenolic OH excluding ortho intramolecular Hbond substituents is 1. The maximum atomic E-state index is 14.6. The highest BCUT2D eigenvalue weighted by Gasteiger charge is 2.36. The maximum Gasteiger partial charge on any atom is 0.337 e. The summed E-state index contributed by atoms with van der Waals surface area (Å²) in [6, 6.07) is 28.3. The third kappa shape index (κ3) is 9.49. The lowest BCUT2D eigenvalue weighted by molar-refractivity contribution is -0.115. The van der Waals surface area contributed by atoms with Gasteiger partial charge in [-0.25, -0.2) is 18.4 Å². The highest BCUT2D eigenvalue weighted by molar-refractivity contribution is 6.24. The molecule has 5 N–H and O–H groups in total. The van der Waals surface area contributed by atoms with Gasteiger partial charge in [-0.15, -0.1) is 0 Å². The zero-order valence-electron chi connectivity index (χ0n) is 35.7. The number of methoxy groups -OCH3 is 1. The smallest absolute Gasteiger partial charge is 0.337 e. The molecule has 0 radical (unpaired) electrons. The van der Waals surface area contributed by atoms with Crippen LogP contribution < -0.4 is 21.4 Å². The number of aromatic hydroxyl groups is 1. The molecule has 3 aliphatic rings. The van der Waals surface area contributed by atoms with Gasteiger partial charge < -0.3 is 35.3 Å². The average molecular weight is 907 g/mol. The summed E-state index contributed by atoms with van der Waals surface area (Å²) >= 11 is 0. The Kier molecular flexibility index (Phi) is 13.0. The molecule has 0 fully saturated rings. The summed E-state index contributed by atoms with van der Waals surface area (Å²) < 4.78 is 39.6. The van der Waals surface area contributed by atoms with E-state index in [2.05, 4.69) is 16.0 Å². The number of amides is 3. The first-order chi connectivity index (χ1) is 32.3. The molecule has 0 bridgehead atoms. The van der Waals surface area contributed by atoms with E-state index in [4.69, 9.17) is 14.1 Å². The highest BCUT2D eigenvalue weighted by Crippen LogP contribution is 2.43. The van der Waals surface area contributed by atoms with Gasteiger partial charge in [-0.05, 0) is 90.2 Å². The molecule has 0 spiro atoms. The van der Waals surface area contributed by atoms with E-state index >= 15 is 0 Å². The average Bonchev–Trinajstić information content (AvgIpc) is 3.66. The van der Waals surface area contributed by atoms with Gasteiger partial charge in [0.1, 0.15) is 17.3 Å². The zero-order chi connectivity index (χ0) is 47.4. The number of carbonyl (C=O) groups is 5. The number of unbranched alkanes of at least 4 members (excludes halogenated alkanes) is 3. The number of hydrogen-bond donors (Lipinski definition) is 5. The predicted octanol–water partition coefficient (Wildman–Crippen LogP) is 8.61. The molecule has 14 nitrogen and oxygen atoms in total. The number of fused-ring (bicyclic) bond motifs is 3. The fourth-order valence-electron chi connectivity index (χ4n) is 7.99. The van der Waals surface area contributed by atoms with E-state index in [1.165, 1.54) is 19.2 Å². The summed E-state index contributed by atoms with van der Waals surface area (Å²) in [5.41, 5.74) is 2.22. The summed E-state index contributed by atoms with van der Waals surface area (Å²) in [5.74, 6) is -6.90.